The lowest BCUT2D eigenvalue weighted by atomic mass is 10.1. The smallest absolute Gasteiger partial charge is 0.193 e. The fraction of sp³-hybridized carbons (Fsp3) is 0.533. The van der Waals surface area contributed by atoms with E-state index in [1.165, 1.54) is 5.69 Å². The molecule has 0 saturated carbocycles. The minimum Gasteiger partial charge on any atom is -0.396 e. The van der Waals surface area contributed by atoms with Crippen molar-refractivity contribution in [1.82, 2.24) is 19.4 Å². The molecule has 0 aromatic carbocycles. The zero-order valence-corrected chi connectivity index (χ0v) is 13.2. The van der Waals surface area contributed by atoms with Gasteiger partial charge in [-0.1, -0.05) is 0 Å². The summed E-state index contributed by atoms with van der Waals surface area (Å²) in [6.45, 7) is 4.34. The third-order valence-electron chi connectivity index (χ3n) is 4.17. The van der Waals surface area contributed by atoms with Crippen LogP contribution in [0.4, 0.5) is 0 Å². The van der Waals surface area contributed by atoms with Crippen LogP contribution in [-0.2, 0) is 6.54 Å². The number of rotatable bonds is 5. The van der Waals surface area contributed by atoms with Gasteiger partial charge in [0.05, 0.1) is 0 Å². The minimum absolute atomic E-state index is 0.262. The monoisotopic (exact) mass is 306 g/mol. The minimum atomic E-state index is 0.262. The molecule has 1 aliphatic rings. The highest BCUT2D eigenvalue weighted by atomic mass is 32.1. The van der Waals surface area contributed by atoms with Crippen LogP contribution in [-0.4, -0.2) is 63.8 Å². The number of aromatic nitrogens is 2. The molecule has 2 aromatic heterocycles. The molecular formula is C15H22N4OS. The number of hydrogen-bond acceptors (Lipinski definition) is 5. The molecule has 0 spiro atoms. The molecule has 5 nitrogen and oxygen atoms in total. The molecule has 1 aliphatic heterocycles. The van der Waals surface area contributed by atoms with Gasteiger partial charge >= 0.3 is 0 Å². The molecule has 0 aliphatic carbocycles. The lowest BCUT2D eigenvalue weighted by Crippen LogP contribution is -2.51. The van der Waals surface area contributed by atoms with Gasteiger partial charge in [0.25, 0.3) is 0 Å². The van der Waals surface area contributed by atoms with Crippen LogP contribution in [0, 0.1) is 0 Å². The summed E-state index contributed by atoms with van der Waals surface area (Å²) in [5.74, 6) is 0. The summed E-state index contributed by atoms with van der Waals surface area (Å²) in [6.07, 6.45) is 4.77. The van der Waals surface area contributed by atoms with Crippen LogP contribution >= 0.6 is 11.3 Å². The Morgan fingerprint density at radius 1 is 1.43 bits per heavy atom. The first-order valence-corrected chi connectivity index (χ1v) is 8.25. The van der Waals surface area contributed by atoms with E-state index in [4.69, 9.17) is 0 Å². The summed E-state index contributed by atoms with van der Waals surface area (Å²) >= 11 is 1.66. The van der Waals surface area contributed by atoms with Gasteiger partial charge in [-0.25, -0.2) is 4.98 Å². The van der Waals surface area contributed by atoms with E-state index in [1.807, 2.05) is 11.6 Å². The van der Waals surface area contributed by atoms with Crippen LogP contribution in [0.25, 0.3) is 5.13 Å². The lowest BCUT2D eigenvalue weighted by molar-refractivity contribution is 0.0733. The number of hydrogen-bond donors (Lipinski definition) is 1. The molecule has 1 N–H and O–H groups in total. The zero-order chi connectivity index (χ0) is 14.7. The molecular weight excluding hydrogens is 284 g/mol. The van der Waals surface area contributed by atoms with E-state index in [1.54, 1.807) is 11.3 Å². The van der Waals surface area contributed by atoms with Gasteiger partial charge in [0.1, 0.15) is 0 Å². The fourth-order valence-corrected chi connectivity index (χ4v) is 3.57. The Labute approximate surface area is 129 Å². The number of piperazine rings is 1. The molecule has 0 radical (unpaired) electrons. The number of aliphatic hydroxyl groups excluding tert-OH is 1. The second-order valence-corrected chi connectivity index (χ2v) is 6.44. The van der Waals surface area contributed by atoms with E-state index in [2.05, 4.69) is 44.7 Å². The van der Waals surface area contributed by atoms with E-state index in [0.29, 0.717) is 6.04 Å². The first-order valence-electron chi connectivity index (χ1n) is 7.37. The van der Waals surface area contributed by atoms with E-state index >= 15 is 0 Å². The van der Waals surface area contributed by atoms with Gasteiger partial charge in [0, 0.05) is 62.3 Å². The Bertz CT molecular complexity index is 554. The average Bonchev–Trinajstić information content (AvgIpc) is 3.13. The number of likely N-dealkylation sites (N-methyl/N-ethyl adjacent to an activating group) is 1. The summed E-state index contributed by atoms with van der Waals surface area (Å²) in [6, 6.07) is 4.70. The predicted octanol–water partition coefficient (Wildman–Crippen LogP) is 1.43. The van der Waals surface area contributed by atoms with Crippen molar-refractivity contribution in [1.29, 1.82) is 0 Å². The van der Waals surface area contributed by atoms with Gasteiger partial charge in [-0.3, -0.25) is 9.47 Å². The molecule has 21 heavy (non-hydrogen) atoms. The van der Waals surface area contributed by atoms with E-state index in [-0.39, 0.29) is 6.61 Å². The molecule has 0 bridgehead atoms. The highest BCUT2D eigenvalue weighted by molar-refractivity contribution is 7.12. The van der Waals surface area contributed by atoms with Crippen LogP contribution in [0.1, 0.15) is 12.1 Å². The highest BCUT2D eigenvalue weighted by Gasteiger charge is 2.24. The SMILES string of the molecule is CN1CCN(Cc2cccn2-c2nccs2)CC1CCO. The van der Waals surface area contributed by atoms with Crippen molar-refractivity contribution in [2.45, 2.75) is 19.0 Å². The second-order valence-electron chi connectivity index (χ2n) is 5.57. The first kappa shape index (κ1) is 14.7. The molecule has 1 atom stereocenters. The van der Waals surface area contributed by atoms with Crippen LogP contribution in [0.3, 0.4) is 0 Å². The normalized spacial score (nSPS) is 21.0. The Morgan fingerprint density at radius 2 is 2.33 bits per heavy atom. The second kappa shape index (κ2) is 6.70. The summed E-state index contributed by atoms with van der Waals surface area (Å²) in [4.78, 5) is 9.22. The molecule has 2 aromatic rings. The predicted molar refractivity (Wildman–Crippen MR) is 84.8 cm³/mol. The number of thiazole rings is 1. The van der Waals surface area contributed by atoms with Gasteiger partial charge in [0.15, 0.2) is 5.13 Å². The third-order valence-corrected chi connectivity index (χ3v) is 4.94. The van der Waals surface area contributed by atoms with Crippen molar-refractivity contribution in [2.75, 3.05) is 33.3 Å². The van der Waals surface area contributed by atoms with Crippen molar-refractivity contribution >= 4 is 11.3 Å². The molecule has 1 fully saturated rings. The zero-order valence-electron chi connectivity index (χ0n) is 12.4. The maximum Gasteiger partial charge on any atom is 0.193 e. The van der Waals surface area contributed by atoms with Crippen LogP contribution in [0.2, 0.25) is 0 Å². The van der Waals surface area contributed by atoms with Crippen LogP contribution in [0.5, 0.6) is 0 Å². The highest BCUT2D eigenvalue weighted by Crippen LogP contribution is 2.18. The Morgan fingerprint density at radius 3 is 3.10 bits per heavy atom. The molecule has 1 unspecified atom stereocenters. The summed E-state index contributed by atoms with van der Waals surface area (Å²) < 4.78 is 2.17. The number of aliphatic hydroxyl groups is 1. The van der Waals surface area contributed by atoms with Gasteiger partial charge in [0.2, 0.25) is 0 Å². The van der Waals surface area contributed by atoms with Gasteiger partial charge in [-0.05, 0) is 25.6 Å². The summed E-state index contributed by atoms with van der Waals surface area (Å²) in [5.41, 5.74) is 1.28. The standard InChI is InChI=1S/C15H22N4OS/c1-17-7-8-18(11-13(17)4-9-20)12-14-3-2-6-19(14)15-16-5-10-21-15/h2-3,5-6,10,13,20H,4,7-9,11-12H2,1H3. The lowest BCUT2D eigenvalue weighted by Gasteiger charge is -2.39. The summed E-state index contributed by atoms with van der Waals surface area (Å²) in [7, 11) is 2.15. The molecule has 1 saturated heterocycles. The quantitative estimate of drug-likeness (QED) is 0.908. The first-order chi connectivity index (χ1) is 10.3. The van der Waals surface area contributed by atoms with E-state index < -0.39 is 0 Å². The van der Waals surface area contributed by atoms with Crippen LogP contribution in [0.15, 0.2) is 29.9 Å². The molecule has 114 valence electrons. The molecule has 3 heterocycles. The molecule has 6 heteroatoms. The topological polar surface area (TPSA) is 44.5 Å². The van der Waals surface area contributed by atoms with Gasteiger partial charge in [-0.15, -0.1) is 11.3 Å². The average molecular weight is 306 g/mol. The van der Waals surface area contributed by atoms with Crippen LogP contribution < -0.4 is 0 Å². The Kier molecular flexibility index (Phi) is 4.70. The Balaban J connectivity index is 1.68. The molecule has 3 rings (SSSR count). The van der Waals surface area contributed by atoms with Crippen molar-refractivity contribution in [3.05, 3.63) is 35.6 Å². The number of nitrogens with zero attached hydrogens (tertiary/aromatic N) is 4. The Hall–Kier alpha value is -1.21. The van der Waals surface area contributed by atoms with Gasteiger partial charge in [-0.2, -0.15) is 0 Å². The molecule has 0 amide bonds. The van der Waals surface area contributed by atoms with Crippen molar-refractivity contribution < 1.29 is 5.11 Å². The van der Waals surface area contributed by atoms with E-state index in [9.17, 15) is 5.11 Å². The largest absolute Gasteiger partial charge is 0.396 e. The summed E-state index contributed by atoms with van der Waals surface area (Å²) in [5, 5.41) is 12.2. The maximum absolute atomic E-state index is 9.19. The third kappa shape index (κ3) is 3.35. The van der Waals surface area contributed by atoms with Gasteiger partial charge < -0.3 is 10.0 Å². The van der Waals surface area contributed by atoms with E-state index in [0.717, 1.165) is 37.7 Å². The van der Waals surface area contributed by atoms with Crippen molar-refractivity contribution in [3.8, 4) is 5.13 Å². The maximum atomic E-state index is 9.19. The van der Waals surface area contributed by atoms with Crippen molar-refractivity contribution in [3.63, 3.8) is 0 Å². The van der Waals surface area contributed by atoms with Crippen molar-refractivity contribution in [2.24, 2.45) is 0 Å². The fourth-order valence-electron chi connectivity index (χ4n) is 2.91.